The second-order valence-corrected chi connectivity index (χ2v) is 10.7. The zero-order valence-corrected chi connectivity index (χ0v) is 18.3. The second-order valence-electron chi connectivity index (χ2n) is 6.02. The molecule has 142 valence electrons. The fourth-order valence-electron chi connectivity index (χ4n) is 2.64. The molecule has 1 aromatic rings. The first-order valence-corrected chi connectivity index (χ1v) is 12.6. The summed E-state index contributed by atoms with van der Waals surface area (Å²) >= 11 is 3.10. The van der Waals surface area contributed by atoms with E-state index in [1.54, 1.807) is 6.07 Å². The molecule has 0 saturated heterocycles. The van der Waals surface area contributed by atoms with Crippen LogP contribution in [0.4, 0.5) is 5.69 Å². The number of allylic oxidation sites excluding steroid dienone is 1. The van der Waals surface area contributed by atoms with Crippen LogP contribution < -0.4 is 15.8 Å². The van der Waals surface area contributed by atoms with Crippen molar-refractivity contribution >= 4 is 60.2 Å². The molecule has 3 rings (SSSR count). The molecule has 1 aliphatic heterocycles. The average Bonchev–Trinajstić information content (AvgIpc) is 2.59. The molecule has 1 aliphatic carbocycles. The Labute approximate surface area is 170 Å². The summed E-state index contributed by atoms with van der Waals surface area (Å²) in [5.41, 5.74) is 0.655. The molecule has 0 atom stereocenters. The van der Waals surface area contributed by atoms with Gasteiger partial charge in [0.25, 0.3) is 10.0 Å². The van der Waals surface area contributed by atoms with E-state index in [2.05, 4.69) is 40.6 Å². The van der Waals surface area contributed by atoms with E-state index in [0.29, 0.717) is 11.7 Å². The number of pyridine rings is 1. The lowest BCUT2D eigenvalue weighted by Gasteiger charge is -2.27. The molecule has 8 nitrogen and oxygen atoms in total. The minimum atomic E-state index is -3.80. The van der Waals surface area contributed by atoms with Gasteiger partial charge >= 0.3 is 0 Å². The fourth-order valence-corrected chi connectivity index (χ4v) is 5.59. The number of aliphatic hydroxyl groups excluding tert-OH is 1. The highest BCUT2D eigenvalue weighted by Crippen LogP contribution is 2.25. The van der Waals surface area contributed by atoms with Crippen molar-refractivity contribution in [3.63, 3.8) is 0 Å². The van der Waals surface area contributed by atoms with Crippen molar-refractivity contribution in [3.8, 4) is 0 Å². The standard InChI is InChI=1S/C15H19BrIN5O3S/c16-12-7-17-15(21-10-3-6-13(19-8-10)26(18,24)25)22-14(12)20-9-1-4-11(23)5-2-9/h3,6-9,11,23H,1-2,4-5H2,(H2,18,24,25)(H2,20,21,22). The van der Waals surface area contributed by atoms with Crippen LogP contribution in [0.5, 0.6) is 0 Å². The van der Waals surface area contributed by atoms with Crippen LogP contribution in [0.2, 0.25) is 0 Å². The number of halogens is 2. The monoisotopic (exact) mass is 555 g/mol. The molecule has 1 fully saturated rings. The summed E-state index contributed by atoms with van der Waals surface area (Å²) in [6, 6.07) is 3.27. The Bertz CT molecular complexity index is 862. The largest absolute Gasteiger partial charge is 0.393 e. The highest BCUT2D eigenvalue weighted by atomic mass is 127. The van der Waals surface area contributed by atoms with Crippen molar-refractivity contribution in [1.29, 1.82) is 0 Å². The molecule has 2 aliphatic rings. The Balaban J connectivity index is 1.68. The Morgan fingerprint density at radius 1 is 1.27 bits per heavy atom. The Hall–Kier alpha value is -0.890. The Morgan fingerprint density at radius 3 is 2.62 bits per heavy atom. The molecule has 1 saturated carbocycles. The maximum absolute atomic E-state index is 11.3. The number of aliphatic imine (C=N–C) groups is 1. The van der Waals surface area contributed by atoms with Crippen LogP contribution in [0.25, 0.3) is 0 Å². The normalized spacial score (nSPS) is 23.9. The van der Waals surface area contributed by atoms with E-state index in [1.807, 2.05) is 0 Å². The Kier molecular flexibility index (Phi) is 6.43. The number of hydrogen-bond acceptors (Lipinski definition) is 7. The maximum Gasteiger partial charge on any atom is 0.255 e. The minimum Gasteiger partial charge on any atom is -0.393 e. The Morgan fingerprint density at radius 2 is 2.00 bits per heavy atom. The molecule has 0 bridgehead atoms. The van der Waals surface area contributed by atoms with Crippen LogP contribution in [0, 0.1) is 0 Å². The van der Waals surface area contributed by atoms with Gasteiger partial charge in [-0.1, -0.05) is 0 Å². The number of primary sulfonamides is 1. The molecule has 2 heterocycles. The maximum atomic E-state index is 11.3. The summed E-state index contributed by atoms with van der Waals surface area (Å²) in [7, 11) is -3.80. The van der Waals surface area contributed by atoms with E-state index >= 15 is 0 Å². The number of nitrogens with two attached hydrogens (primary N) is 1. The van der Waals surface area contributed by atoms with Crippen LogP contribution in [0.3, 0.4) is 0 Å². The number of rotatable bonds is 4. The molecular weight excluding hydrogens is 537 g/mol. The van der Waals surface area contributed by atoms with Gasteiger partial charge in [0.15, 0.2) is 8.87 Å². The van der Waals surface area contributed by atoms with E-state index in [9.17, 15) is 13.5 Å². The van der Waals surface area contributed by atoms with Crippen LogP contribution >= 0.6 is 36.7 Å². The molecule has 26 heavy (non-hydrogen) atoms. The first kappa shape index (κ1) is 19.9. The number of amidine groups is 1. The zero-order chi connectivity index (χ0) is 18.7. The van der Waals surface area contributed by atoms with Crippen LogP contribution in [0.15, 0.2) is 38.7 Å². The average molecular weight is 556 g/mol. The van der Waals surface area contributed by atoms with Crippen molar-refractivity contribution in [2.75, 3.05) is 5.32 Å². The zero-order valence-electron chi connectivity index (χ0n) is 13.7. The van der Waals surface area contributed by atoms with Gasteiger partial charge in [0.1, 0.15) is 5.82 Å². The quantitative estimate of drug-likeness (QED) is 0.331. The second kappa shape index (κ2) is 8.42. The summed E-state index contributed by atoms with van der Waals surface area (Å²) in [6.07, 6.45) is 4.66. The van der Waals surface area contributed by atoms with Crippen LogP contribution in [-0.2, 0) is 10.0 Å². The summed E-state index contributed by atoms with van der Waals surface area (Å²) in [5.74, 6) is 0.772. The molecule has 0 radical (unpaired) electrons. The third-order valence-electron chi connectivity index (χ3n) is 4.00. The number of aliphatic hydroxyl groups is 1. The first-order chi connectivity index (χ1) is 12.3. The van der Waals surface area contributed by atoms with E-state index in [0.717, 1.165) is 39.8 Å². The first-order valence-electron chi connectivity index (χ1n) is 7.97. The predicted octanol–water partition coefficient (Wildman–Crippen LogP) is 1.74. The van der Waals surface area contributed by atoms with Gasteiger partial charge in [-0.15, -0.1) is 0 Å². The van der Waals surface area contributed by atoms with Crippen molar-refractivity contribution in [3.05, 3.63) is 28.6 Å². The molecule has 1 aromatic heterocycles. The van der Waals surface area contributed by atoms with Gasteiger partial charge < -0.3 is 15.7 Å². The number of nitrogens with one attached hydrogen (secondary N) is 2. The van der Waals surface area contributed by atoms with Gasteiger partial charge in [0.2, 0.25) is 0 Å². The van der Waals surface area contributed by atoms with E-state index in [1.165, 1.54) is 12.3 Å². The smallest absolute Gasteiger partial charge is 0.255 e. The number of hydrogen-bond donors (Lipinski definition) is 4. The van der Waals surface area contributed by atoms with Gasteiger partial charge in [-0.25, -0.2) is 23.5 Å². The molecule has 0 unspecified atom stereocenters. The fraction of sp³-hybridized carbons (Fsp3) is 0.400. The van der Waals surface area contributed by atoms with Crippen molar-refractivity contribution in [1.82, 2.24) is 10.3 Å². The van der Waals surface area contributed by atoms with Crippen LogP contribution in [0.1, 0.15) is 25.7 Å². The molecule has 0 spiro atoms. The highest BCUT2D eigenvalue weighted by Gasteiger charge is 2.21. The SMILES string of the molecule is NS(=O)(=O)c1ccc(NC2=NC(NC3CCC(O)CC3)=C(Br)C=I2)cn1. The molecule has 11 heteroatoms. The lowest BCUT2D eigenvalue weighted by atomic mass is 9.93. The predicted molar refractivity (Wildman–Crippen MR) is 114 cm³/mol. The summed E-state index contributed by atoms with van der Waals surface area (Å²) in [5, 5.41) is 21.1. The summed E-state index contributed by atoms with van der Waals surface area (Å²) in [6.45, 7) is 0. The van der Waals surface area contributed by atoms with Crippen molar-refractivity contribution < 1.29 is 13.5 Å². The van der Waals surface area contributed by atoms with Gasteiger partial charge in [0, 0.05) is 6.04 Å². The van der Waals surface area contributed by atoms with Gasteiger partial charge in [-0.3, -0.25) is 0 Å². The summed E-state index contributed by atoms with van der Waals surface area (Å²) in [4.78, 5) is 8.52. The summed E-state index contributed by atoms with van der Waals surface area (Å²) < 4.78 is 26.4. The van der Waals surface area contributed by atoms with E-state index in [-0.39, 0.29) is 11.1 Å². The van der Waals surface area contributed by atoms with Crippen LogP contribution in [-0.4, -0.2) is 38.5 Å². The molecular formula is C15H19BrIN5O3S. The molecule has 5 N–H and O–H groups in total. The van der Waals surface area contributed by atoms with Gasteiger partial charge in [-0.05, 0) is 78.5 Å². The highest BCUT2D eigenvalue weighted by molar-refractivity contribution is 14.2. The lowest BCUT2D eigenvalue weighted by molar-refractivity contribution is 0.118. The third kappa shape index (κ3) is 5.31. The topological polar surface area (TPSA) is 130 Å². The number of sulfonamides is 1. The van der Waals surface area contributed by atoms with Crippen molar-refractivity contribution in [2.24, 2.45) is 10.1 Å². The van der Waals surface area contributed by atoms with Crippen molar-refractivity contribution in [2.45, 2.75) is 42.9 Å². The number of nitrogens with zero attached hydrogens (tertiary/aromatic N) is 2. The number of anilines is 1. The van der Waals surface area contributed by atoms with E-state index in [4.69, 9.17) is 5.14 Å². The number of aromatic nitrogens is 1. The van der Waals surface area contributed by atoms with Gasteiger partial charge in [-0.2, -0.15) is 0 Å². The molecule has 0 amide bonds. The minimum absolute atomic E-state index is 0.167. The third-order valence-corrected chi connectivity index (χ3v) is 8.32. The lowest BCUT2D eigenvalue weighted by Crippen LogP contribution is -2.34. The van der Waals surface area contributed by atoms with Gasteiger partial charge in [0.05, 0.1) is 22.5 Å². The molecule has 0 aromatic carbocycles. The van der Waals surface area contributed by atoms with E-state index < -0.39 is 30.8 Å².